The van der Waals surface area contributed by atoms with Gasteiger partial charge < -0.3 is 9.46 Å². The third-order valence-corrected chi connectivity index (χ3v) is 3.67. The Balaban J connectivity index is 0.00000289. The molecule has 1 unspecified atom stereocenters. The summed E-state index contributed by atoms with van der Waals surface area (Å²) in [5.74, 6) is -0.426. The zero-order chi connectivity index (χ0) is 12.9. The van der Waals surface area contributed by atoms with Crippen LogP contribution in [0.4, 0.5) is 0 Å². The molecule has 1 aliphatic rings. The second-order valence-corrected chi connectivity index (χ2v) is 7.00. The number of carbonyl (C=O) groups excluding carboxylic acids is 1. The summed E-state index contributed by atoms with van der Waals surface area (Å²) in [6.45, 7) is 0.972. The van der Waals surface area contributed by atoms with Crippen LogP contribution in [0, 0.1) is 5.92 Å². The van der Waals surface area contributed by atoms with Crippen LogP contribution in [0.5, 0.6) is 0 Å². The maximum atomic E-state index is 11.7. The number of nitrogens with one attached hydrogen (secondary N) is 1. The minimum atomic E-state index is -3.39. The van der Waals surface area contributed by atoms with Gasteiger partial charge in [-0.05, 0) is 19.5 Å². The molecule has 0 bridgehead atoms. The molecular formula is C10H20N2NaO4P. The number of hydrogen-bond acceptors (Lipinski definition) is 5. The summed E-state index contributed by atoms with van der Waals surface area (Å²) in [4.78, 5) is 22.6. The molecule has 1 saturated carbocycles. The molecule has 0 aromatic carbocycles. The number of hydrogen-bond donors (Lipinski definition) is 2. The Morgan fingerprint density at radius 1 is 1.44 bits per heavy atom. The van der Waals surface area contributed by atoms with Gasteiger partial charge in [0.2, 0.25) is 5.91 Å². The van der Waals surface area contributed by atoms with E-state index in [1.807, 2.05) is 0 Å². The molecule has 1 aliphatic carbocycles. The maximum absolute atomic E-state index is 11.7. The molecule has 1 fully saturated rings. The third-order valence-electron chi connectivity index (χ3n) is 2.87. The van der Waals surface area contributed by atoms with Crippen molar-refractivity contribution in [2.24, 2.45) is 5.92 Å². The van der Waals surface area contributed by atoms with Gasteiger partial charge in [-0.1, -0.05) is 19.3 Å². The summed E-state index contributed by atoms with van der Waals surface area (Å²) in [7, 11) is -3.39. The molecule has 0 spiro atoms. The van der Waals surface area contributed by atoms with Crippen LogP contribution in [0.2, 0.25) is 0 Å². The van der Waals surface area contributed by atoms with Crippen molar-refractivity contribution >= 4 is 13.3 Å². The van der Waals surface area contributed by atoms with E-state index in [4.69, 9.17) is 0 Å². The Hall–Kier alpha value is 0.580. The van der Waals surface area contributed by atoms with Crippen LogP contribution in [-0.2, 0) is 9.36 Å². The SMILES string of the molecule is CP(=O)([O-])CNCN(O)C(=O)C1CCCCC1.[Na+]. The summed E-state index contributed by atoms with van der Waals surface area (Å²) in [5, 5.41) is 12.6. The summed E-state index contributed by atoms with van der Waals surface area (Å²) >= 11 is 0. The molecule has 8 heteroatoms. The summed E-state index contributed by atoms with van der Waals surface area (Å²) in [5.41, 5.74) is 0. The normalized spacial score (nSPS) is 19.7. The second kappa shape index (κ2) is 8.69. The predicted molar refractivity (Wildman–Crippen MR) is 61.6 cm³/mol. The molecule has 0 aromatic rings. The van der Waals surface area contributed by atoms with Crippen molar-refractivity contribution in [1.29, 1.82) is 0 Å². The zero-order valence-corrected chi connectivity index (χ0v) is 14.0. The Labute approximate surface area is 130 Å². The molecule has 6 nitrogen and oxygen atoms in total. The molecule has 0 radical (unpaired) electrons. The molecule has 100 valence electrons. The monoisotopic (exact) mass is 286 g/mol. The largest absolute Gasteiger partial charge is 1.00 e. The Morgan fingerprint density at radius 2 is 2.00 bits per heavy atom. The van der Waals surface area contributed by atoms with E-state index in [1.165, 1.54) is 0 Å². The van der Waals surface area contributed by atoms with Gasteiger partial charge in [0.25, 0.3) is 0 Å². The first-order chi connectivity index (χ1) is 7.90. The topological polar surface area (TPSA) is 92.7 Å². The van der Waals surface area contributed by atoms with Gasteiger partial charge in [-0.15, -0.1) is 0 Å². The van der Waals surface area contributed by atoms with Crippen LogP contribution in [-0.4, -0.2) is 35.8 Å². The van der Waals surface area contributed by atoms with Crippen molar-refractivity contribution in [3.63, 3.8) is 0 Å². The van der Waals surface area contributed by atoms with Crippen molar-refractivity contribution in [3.05, 3.63) is 0 Å². The van der Waals surface area contributed by atoms with E-state index in [9.17, 15) is 19.5 Å². The van der Waals surface area contributed by atoms with Crippen LogP contribution in [0.3, 0.4) is 0 Å². The molecule has 0 heterocycles. The summed E-state index contributed by atoms with van der Waals surface area (Å²) < 4.78 is 10.9. The van der Waals surface area contributed by atoms with E-state index in [1.54, 1.807) is 0 Å². The fourth-order valence-electron chi connectivity index (χ4n) is 2.00. The molecule has 0 saturated heterocycles. The Kier molecular flexibility index (Phi) is 8.97. The Bertz CT molecular complexity index is 304. The van der Waals surface area contributed by atoms with E-state index >= 15 is 0 Å². The molecule has 1 amide bonds. The predicted octanol–water partition coefficient (Wildman–Crippen LogP) is -2.44. The molecular weight excluding hydrogens is 266 g/mol. The van der Waals surface area contributed by atoms with Crippen molar-refractivity contribution in [1.82, 2.24) is 10.4 Å². The number of rotatable bonds is 5. The molecule has 2 N–H and O–H groups in total. The van der Waals surface area contributed by atoms with Crippen LogP contribution in [0.25, 0.3) is 0 Å². The quantitative estimate of drug-likeness (QED) is 0.193. The summed E-state index contributed by atoms with van der Waals surface area (Å²) in [6.07, 6.45) is 4.57. The van der Waals surface area contributed by atoms with Crippen LogP contribution in [0.1, 0.15) is 32.1 Å². The fraction of sp³-hybridized carbons (Fsp3) is 0.900. The van der Waals surface area contributed by atoms with Gasteiger partial charge in [0, 0.05) is 19.6 Å². The molecule has 0 aromatic heterocycles. The maximum Gasteiger partial charge on any atom is 1.00 e. The van der Waals surface area contributed by atoms with Gasteiger partial charge in [-0.2, -0.15) is 0 Å². The fourth-order valence-corrected chi connectivity index (χ4v) is 2.50. The van der Waals surface area contributed by atoms with Crippen molar-refractivity contribution in [3.8, 4) is 0 Å². The Morgan fingerprint density at radius 3 is 2.50 bits per heavy atom. The molecule has 18 heavy (non-hydrogen) atoms. The number of carbonyl (C=O) groups is 1. The first kappa shape index (κ1) is 18.6. The van der Waals surface area contributed by atoms with Crippen molar-refractivity contribution in [2.45, 2.75) is 32.1 Å². The van der Waals surface area contributed by atoms with E-state index in [0.717, 1.165) is 38.8 Å². The average molecular weight is 286 g/mol. The minimum absolute atomic E-state index is 0. The van der Waals surface area contributed by atoms with Gasteiger partial charge in [-0.25, -0.2) is 5.06 Å². The molecule has 0 aliphatic heterocycles. The van der Waals surface area contributed by atoms with Crippen molar-refractivity contribution < 1.29 is 49.0 Å². The standard InChI is InChI=1S/C10H21N2O4P.Na/c1-17(15,16)8-11-7-12(14)10(13)9-5-3-2-4-6-9;/h9,11,14H,2-8H2,1H3,(H,15,16);/q;+1/p-1. The van der Waals surface area contributed by atoms with E-state index < -0.39 is 7.37 Å². The van der Waals surface area contributed by atoms with Gasteiger partial charge in [0.1, 0.15) is 0 Å². The van der Waals surface area contributed by atoms with E-state index in [-0.39, 0.29) is 54.3 Å². The smallest absolute Gasteiger partial charge is 0.799 e. The first-order valence-corrected chi connectivity index (χ1v) is 8.14. The van der Waals surface area contributed by atoms with Crippen LogP contribution < -0.4 is 39.8 Å². The van der Waals surface area contributed by atoms with Crippen LogP contribution >= 0.6 is 7.37 Å². The molecule has 1 rings (SSSR count). The summed E-state index contributed by atoms with van der Waals surface area (Å²) in [6, 6.07) is 0. The zero-order valence-electron chi connectivity index (χ0n) is 11.1. The van der Waals surface area contributed by atoms with Crippen LogP contribution in [0.15, 0.2) is 0 Å². The molecule has 1 atom stereocenters. The van der Waals surface area contributed by atoms with E-state index in [0.29, 0.717) is 5.06 Å². The van der Waals surface area contributed by atoms with Gasteiger partial charge in [0.05, 0.1) is 6.67 Å². The van der Waals surface area contributed by atoms with Gasteiger partial charge in [-0.3, -0.25) is 15.3 Å². The number of hydroxylamine groups is 2. The third kappa shape index (κ3) is 7.24. The number of nitrogens with zero attached hydrogens (tertiary/aromatic N) is 1. The van der Waals surface area contributed by atoms with Gasteiger partial charge >= 0.3 is 29.6 Å². The minimum Gasteiger partial charge on any atom is -0.799 e. The average Bonchev–Trinajstić information content (AvgIpc) is 2.27. The van der Waals surface area contributed by atoms with E-state index in [2.05, 4.69) is 5.32 Å². The van der Waals surface area contributed by atoms with Gasteiger partial charge in [0.15, 0.2) is 0 Å². The second-order valence-electron chi connectivity index (χ2n) is 4.65. The number of amides is 1. The first-order valence-electron chi connectivity index (χ1n) is 5.88. The van der Waals surface area contributed by atoms with Crippen molar-refractivity contribution in [2.75, 3.05) is 19.6 Å².